The van der Waals surface area contributed by atoms with E-state index in [1.54, 1.807) is 12.4 Å². The van der Waals surface area contributed by atoms with Gasteiger partial charge in [0.2, 0.25) is 0 Å². The molecule has 0 unspecified atom stereocenters. The molecule has 0 amide bonds. The quantitative estimate of drug-likeness (QED) is 0.754. The average molecular weight is 281 g/mol. The summed E-state index contributed by atoms with van der Waals surface area (Å²) in [5, 5.41) is 15.8. The van der Waals surface area contributed by atoms with Crippen LogP contribution in [0.2, 0.25) is 0 Å². The summed E-state index contributed by atoms with van der Waals surface area (Å²) in [5.41, 5.74) is 3.64. The number of aliphatic hydroxyl groups is 1. The summed E-state index contributed by atoms with van der Waals surface area (Å²) < 4.78 is 5.69. The van der Waals surface area contributed by atoms with Crippen molar-refractivity contribution in [2.24, 2.45) is 0 Å². The highest BCUT2D eigenvalue weighted by Gasteiger charge is 2.02. The van der Waals surface area contributed by atoms with Crippen molar-refractivity contribution in [1.29, 1.82) is 0 Å². The molecule has 3 aromatic rings. The van der Waals surface area contributed by atoms with Gasteiger partial charge in [-0.1, -0.05) is 24.3 Å². The van der Waals surface area contributed by atoms with E-state index >= 15 is 0 Å². The van der Waals surface area contributed by atoms with E-state index in [0.717, 1.165) is 22.5 Å². The zero-order chi connectivity index (χ0) is 14.5. The topological polar surface area (TPSA) is 71.0 Å². The summed E-state index contributed by atoms with van der Waals surface area (Å²) in [7, 11) is 0. The number of ether oxygens (including phenoxy) is 1. The first-order valence-electron chi connectivity index (χ1n) is 6.62. The number of H-pyrrole nitrogens is 1. The third kappa shape index (κ3) is 3.27. The van der Waals surface area contributed by atoms with Crippen LogP contribution in [-0.2, 0) is 13.2 Å². The van der Waals surface area contributed by atoms with Crippen molar-refractivity contribution >= 4 is 0 Å². The van der Waals surface area contributed by atoms with Gasteiger partial charge in [0, 0.05) is 6.20 Å². The summed E-state index contributed by atoms with van der Waals surface area (Å²) in [4.78, 5) is 4.33. The van der Waals surface area contributed by atoms with Gasteiger partial charge in [0.1, 0.15) is 12.4 Å². The molecule has 5 heteroatoms. The number of nitrogens with zero attached hydrogens (tertiary/aromatic N) is 2. The predicted octanol–water partition coefficient (Wildman–Crippen LogP) is 2.54. The molecule has 0 aliphatic carbocycles. The summed E-state index contributed by atoms with van der Waals surface area (Å²) in [6, 6.07) is 13.3. The molecule has 2 aromatic heterocycles. The molecule has 0 aliphatic rings. The molecule has 0 saturated heterocycles. The van der Waals surface area contributed by atoms with E-state index in [1.807, 2.05) is 42.5 Å². The van der Waals surface area contributed by atoms with Crippen LogP contribution in [0, 0.1) is 0 Å². The standard InChI is InChI=1S/C16H15N3O2/c20-10-12-1-3-13(4-2-12)11-21-14-5-6-15(17-9-14)16-7-8-18-19-16/h1-9,20H,10-11H2,(H,18,19). The van der Waals surface area contributed by atoms with Crippen LogP contribution in [0.3, 0.4) is 0 Å². The maximum atomic E-state index is 8.99. The van der Waals surface area contributed by atoms with Crippen molar-refractivity contribution in [2.75, 3.05) is 0 Å². The summed E-state index contributed by atoms with van der Waals surface area (Å²) in [6.45, 7) is 0.525. The van der Waals surface area contributed by atoms with E-state index in [0.29, 0.717) is 12.4 Å². The van der Waals surface area contributed by atoms with Crippen LogP contribution in [0.1, 0.15) is 11.1 Å². The van der Waals surface area contributed by atoms with Gasteiger partial charge in [-0.15, -0.1) is 0 Å². The summed E-state index contributed by atoms with van der Waals surface area (Å²) in [6.07, 6.45) is 3.38. The van der Waals surface area contributed by atoms with Crippen LogP contribution in [0.25, 0.3) is 11.4 Å². The van der Waals surface area contributed by atoms with Crippen LogP contribution in [0.15, 0.2) is 54.9 Å². The largest absolute Gasteiger partial charge is 0.487 e. The van der Waals surface area contributed by atoms with Gasteiger partial charge in [0.15, 0.2) is 0 Å². The Balaban J connectivity index is 1.62. The van der Waals surface area contributed by atoms with Crippen LogP contribution in [0.4, 0.5) is 0 Å². The van der Waals surface area contributed by atoms with Crippen LogP contribution in [0.5, 0.6) is 5.75 Å². The Morgan fingerprint density at radius 2 is 1.81 bits per heavy atom. The molecule has 0 aliphatic heterocycles. The summed E-state index contributed by atoms with van der Waals surface area (Å²) >= 11 is 0. The van der Waals surface area contributed by atoms with Crippen molar-refractivity contribution < 1.29 is 9.84 Å². The highest BCUT2D eigenvalue weighted by atomic mass is 16.5. The maximum Gasteiger partial charge on any atom is 0.138 e. The Morgan fingerprint density at radius 1 is 1.00 bits per heavy atom. The zero-order valence-electron chi connectivity index (χ0n) is 11.4. The van der Waals surface area contributed by atoms with E-state index < -0.39 is 0 Å². The normalized spacial score (nSPS) is 10.5. The predicted molar refractivity (Wildman–Crippen MR) is 78.5 cm³/mol. The molecule has 3 rings (SSSR count). The van der Waals surface area contributed by atoms with Gasteiger partial charge in [-0.25, -0.2) is 0 Å². The Bertz CT molecular complexity index is 677. The molecular weight excluding hydrogens is 266 g/mol. The minimum Gasteiger partial charge on any atom is -0.487 e. The number of hydrogen-bond donors (Lipinski definition) is 2. The van der Waals surface area contributed by atoms with E-state index in [2.05, 4.69) is 15.2 Å². The molecule has 0 bridgehead atoms. The number of aromatic amines is 1. The molecule has 0 spiro atoms. The number of aromatic nitrogens is 3. The van der Waals surface area contributed by atoms with Gasteiger partial charge in [0.25, 0.3) is 0 Å². The fourth-order valence-electron chi connectivity index (χ4n) is 1.93. The smallest absolute Gasteiger partial charge is 0.138 e. The first-order valence-corrected chi connectivity index (χ1v) is 6.62. The lowest BCUT2D eigenvalue weighted by atomic mass is 10.1. The van der Waals surface area contributed by atoms with Gasteiger partial charge >= 0.3 is 0 Å². The Kier molecular flexibility index (Phi) is 3.93. The van der Waals surface area contributed by atoms with Crippen LogP contribution >= 0.6 is 0 Å². The minimum absolute atomic E-state index is 0.0557. The van der Waals surface area contributed by atoms with Crippen LogP contribution < -0.4 is 4.74 Å². The number of nitrogens with one attached hydrogen (secondary N) is 1. The molecule has 1 aromatic carbocycles. The number of pyridine rings is 1. The highest BCUT2D eigenvalue weighted by Crippen LogP contribution is 2.18. The molecule has 0 atom stereocenters. The molecule has 2 heterocycles. The van der Waals surface area contributed by atoms with Gasteiger partial charge < -0.3 is 9.84 Å². The molecule has 0 saturated carbocycles. The van der Waals surface area contributed by atoms with Crippen molar-refractivity contribution in [2.45, 2.75) is 13.2 Å². The lowest BCUT2D eigenvalue weighted by Crippen LogP contribution is -1.96. The Hall–Kier alpha value is -2.66. The van der Waals surface area contributed by atoms with Gasteiger partial charge in [-0.3, -0.25) is 10.1 Å². The maximum absolute atomic E-state index is 8.99. The van der Waals surface area contributed by atoms with E-state index in [9.17, 15) is 0 Å². The van der Waals surface area contributed by atoms with Crippen molar-refractivity contribution in [1.82, 2.24) is 15.2 Å². The molecule has 0 radical (unpaired) electrons. The van der Waals surface area contributed by atoms with Crippen molar-refractivity contribution in [3.63, 3.8) is 0 Å². The molecular formula is C16H15N3O2. The van der Waals surface area contributed by atoms with Crippen molar-refractivity contribution in [3.8, 4) is 17.1 Å². The third-order valence-corrected chi connectivity index (χ3v) is 3.12. The molecule has 0 fully saturated rings. The number of aliphatic hydroxyl groups excluding tert-OH is 1. The van der Waals surface area contributed by atoms with E-state index in [-0.39, 0.29) is 6.61 Å². The third-order valence-electron chi connectivity index (χ3n) is 3.12. The number of hydrogen-bond acceptors (Lipinski definition) is 4. The van der Waals surface area contributed by atoms with Gasteiger partial charge in [-0.2, -0.15) is 5.10 Å². The highest BCUT2D eigenvalue weighted by molar-refractivity contribution is 5.53. The average Bonchev–Trinajstić information content (AvgIpc) is 3.08. The lowest BCUT2D eigenvalue weighted by molar-refractivity contribution is 0.281. The molecule has 106 valence electrons. The molecule has 5 nitrogen and oxygen atoms in total. The fourth-order valence-corrected chi connectivity index (χ4v) is 1.93. The number of rotatable bonds is 5. The summed E-state index contributed by atoms with van der Waals surface area (Å²) in [5.74, 6) is 0.713. The fraction of sp³-hybridized carbons (Fsp3) is 0.125. The Morgan fingerprint density at radius 3 is 2.43 bits per heavy atom. The second kappa shape index (κ2) is 6.19. The molecule has 21 heavy (non-hydrogen) atoms. The Labute approximate surface area is 122 Å². The second-order valence-electron chi connectivity index (χ2n) is 4.61. The van der Waals surface area contributed by atoms with E-state index in [1.165, 1.54) is 0 Å². The first kappa shape index (κ1) is 13.3. The SMILES string of the molecule is OCc1ccc(COc2ccc(-c3ccn[nH]3)nc2)cc1. The number of benzene rings is 1. The minimum atomic E-state index is 0.0557. The van der Waals surface area contributed by atoms with Crippen molar-refractivity contribution in [3.05, 3.63) is 66.0 Å². The van der Waals surface area contributed by atoms with Gasteiger partial charge in [0.05, 0.1) is 24.2 Å². The second-order valence-corrected chi connectivity index (χ2v) is 4.61. The monoisotopic (exact) mass is 281 g/mol. The van der Waals surface area contributed by atoms with E-state index in [4.69, 9.17) is 9.84 Å². The van der Waals surface area contributed by atoms with Gasteiger partial charge in [-0.05, 0) is 29.3 Å². The first-order chi connectivity index (χ1) is 10.3. The van der Waals surface area contributed by atoms with Crippen LogP contribution in [-0.4, -0.2) is 20.3 Å². The lowest BCUT2D eigenvalue weighted by Gasteiger charge is -2.07. The molecule has 2 N–H and O–H groups in total. The zero-order valence-corrected chi connectivity index (χ0v) is 11.4.